The first-order valence-corrected chi connectivity index (χ1v) is 8.38. The summed E-state index contributed by atoms with van der Waals surface area (Å²) in [5, 5.41) is 15.2. The van der Waals surface area contributed by atoms with Crippen LogP contribution in [0.15, 0.2) is 59.8 Å². The summed E-state index contributed by atoms with van der Waals surface area (Å²) in [4.78, 5) is 12.2. The number of benzene rings is 1. The van der Waals surface area contributed by atoms with Crippen molar-refractivity contribution in [3.8, 4) is 0 Å². The van der Waals surface area contributed by atoms with Gasteiger partial charge >= 0.3 is 0 Å². The van der Waals surface area contributed by atoms with E-state index in [1.165, 1.54) is 18.0 Å². The molecular weight excluding hydrogens is 296 g/mol. The number of aromatic nitrogens is 1. The third kappa shape index (κ3) is 3.80. The Kier molecular flexibility index (Phi) is 4.63. The molecule has 0 radical (unpaired) electrons. The summed E-state index contributed by atoms with van der Waals surface area (Å²) >= 11 is 1.26. The predicted molar refractivity (Wildman–Crippen MR) is 86.2 cm³/mol. The molecule has 5 heteroatoms. The van der Waals surface area contributed by atoms with Gasteiger partial charge in [-0.2, -0.15) is 4.73 Å². The van der Waals surface area contributed by atoms with E-state index >= 15 is 0 Å². The van der Waals surface area contributed by atoms with Crippen molar-refractivity contribution in [1.82, 2.24) is 5.32 Å². The second kappa shape index (κ2) is 6.83. The number of carbonyl (C=O) groups excluding carboxylic acids is 1. The van der Waals surface area contributed by atoms with E-state index in [4.69, 9.17) is 0 Å². The quantitative estimate of drug-likeness (QED) is 0.507. The summed E-state index contributed by atoms with van der Waals surface area (Å²) in [5.74, 6) is 0.759. The number of rotatable bonds is 6. The van der Waals surface area contributed by atoms with Crippen molar-refractivity contribution in [3.63, 3.8) is 0 Å². The van der Waals surface area contributed by atoms with Crippen molar-refractivity contribution in [1.29, 1.82) is 0 Å². The molecule has 0 aliphatic heterocycles. The van der Waals surface area contributed by atoms with Gasteiger partial charge in [0.2, 0.25) is 5.91 Å². The lowest BCUT2D eigenvalue weighted by Gasteiger charge is -2.18. The third-order valence-corrected chi connectivity index (χ3v) is 4.73. The van der Waals surface area contributed by atoms with Crippen molar-refractivity contribution >= 4 is 17.7 Å². The number of nitrogens with one attached hydrogen (secondary N) is 1. The lowest BCUT2D eigenvalue weighted by atomic mass is 10.0. The minimum Gasteiger partial charge on any atom is -0.618 e. The van der Waals surface area contributed by atoms with Crippen LogP contribution < -0.4 is 10.0 Å². The SMILES string of the molecule is O=C(CSc1cccc[n+]1[O-])NC(c1ccccc1)C1CC1. The van der Waals surface area contributed by atoms with Crippen molar-refractivity contribution in [2.75, 3.05) is 5.75 Å². The van der Waals surface area contributed by atoms with Gasteiger partial charge in [0.1, 0.15) is 0 Å². The Hall–Kier alpha value is -2.01. The van der Waals surface area contributed by atoms with Crippen LogP contribution in [0.5, 0.6) is 0 Å². The maximum atomic E-state index is 12.2. The van der Waals surface area contributed by atoms with Gasteiger partial charge in [-0.15, -0.1) is 0 Å². The predicted octanol–water partition coefficient (Wildman–Crippen LogP) is 2.68. The Morgan fingerprint density at radius 1 is 1.23 bits per heavy atom. The van der Waals surface area contributed by atoms with E-state index in [1.807, 2.05) is 18.2 Å². The van der Waals surface area contributed by atoms with E-state index in [2.05, 4.69) is 17.4 Å². The molecule has 1 aromatic carbocycles. The number of carbonyl (C=O) groups is 1. The maximum absolute atomic E-state index is 12.2. The molecule has 1 unspecified atom stereocenters. The molecule has 1 aliphatic carbocycles. The maximum Gasteiger partial charge on any atom is 0.251 e. The number of thioether (sulfide) groups is 1. The molecule has 3 rings (SSSR count). The molecule has 1 aliphatic rings. The number of hydrogen-bond donors (Lipinski definition) is 1. The van der Waals surface area contributed by atoms with E-state index in [0.717, 1.165) is 23.1 Å². The lowest BCUT2D eigenvalue weighted by molar-refractivity contribution is -0.645. The second-order valence-corrected chi connectivity index (χ2v) is 6.44. The summed E-state index contributed by atoms with van der Waals surface area (Å²) in [5.41, 5.74) is 1.15. The number of pyridine rings is 1. The normalized spacial score (nSPS) is 15.3. The van der Waals surface area contributed by atoms with Crippen LogP contribution in [0.25, 0.3) is 0 Å². The minimum atomic E-state index is -0.0328. The first kappa shape index (κ1) is 14.9. The zero-order valence-electron chi connectivity index (χ0n) is 12.1. The van der Waals surface area contributed by atoms with Gasteiger partial charge < -0.3 is 10.5 Å². The fourth-order valence-corrected chi connectivity index (χ4v) is 3.17. The molecule has 1 amide bonds. The minimum absolute atomic E-state index is 0.0328. The van der Waals surface area contributed by atoms with Gasteiger partial charge in [0.15, 0.2) is 6.20 Å². The van der Waals surface area contributed by atoms with Crippen LogP contribution in [0, 0.1) is 11.1 Å². The number of hydrogen-bond acceptors (Lipinski definition) is 3. The largest absolute Gasteiger partial charge is 0.618 e. The molecule has 0 saturated heterocycles. The second-order valence-electron chi connectivity index (χ2n) is 5.45. The van der Waals surface area contributed by atoms with Crippen molar-refractivity contribution in [2.24, 2.45) is 5.92 Å². The van der Waals surface area contributed by atoms with Gasteiger partial charge in [0, 0.05) is 12.1 Å². The molecule has 1 aromatic heterocycles. The van der Waals surface area contributed by atoms with Gasteiger partial charge in [-0.1, -0.05) is 30.3 Å². The van der Waals surface area contributed by atoms with Crippen LogP contribution >= 0.6 is 11.8 Å². The number of amides is 1. The van der Waals surface area contributed by atoms with Gasteiger partial charge in [0.25, 0.3) is 5.03 Å². The smallest absolute Gasteiger partial charge is 0.251 e. The topological polar surface area (TPSA) is 56.0 Å². The number of nitrogens with zero attached hydrogens (tertiary/aromatic N) is 1. The molecular formula is C17H18N2O2S. The average Bonchev–Trinajstić information content (AvgIpc) is 3.37. The van der Waals surface area contributed by atoms with Gasteiger partial charge in [0.05, 0.1) is 11.8 Å². The zero-order chi connectivity index (χ0) is 15.4. The molecule has 1 N–H and O–H groups in total. The highest BCUT2D eigenvalue weighted by molar-refractivity contribution is 7.99. The fourth-order valence-electron chi connectivity index (χ4n) is 2.44. The monoisotopic (exact) mass is 314 g/mol. The molecule has 22 heavy (non-hydrogen) atoms. The highest BCUT2D eigenvalue weighted by Gasteiger charge is 2.33. The standard InChI is InChI=1S/C17H18N2O2S/c20-15(12-22-16-8-4-5-11-19(16)21)18-17(14-9-10-14)13-6-2-1-3-7-13/h1-8,11,14,17H,9-10,12H2,(H,18,20). The Labute approximate surface area is 134 Å². The van der Waals surface area contributed by atoms with Crippen molar-refractivity contribution in [2.45, 2.75) is 23.9 Å². The van der Waals surface area contributed by atoms with Gasteiger partial charge in [-0.3, -0.25) is 4.79 Å². The molecule has 1 fully saturated rings. The zero-order valence-corrected chi connectivity index (χ0v) is 13.0. The molecule has 1 heterocycles. The van der Waals surface area contributed by atoms with Crippen molar-refractivity contribution in [3.05, 3.63) is 65.5 Å². The van der Waals surface area contributed by atoms with E-state index in [0.29, 0.717) is 10.9 Å². The lowest BCUT2D eigenvalue weighted by Crippen LogP contribution is -2.32. The molecule has 4 nitrogen and oxygen atoms in total. The van der Waals surface area contributed by atoms with E-state index in [-0.39, 0.29) is 17.7 Å². The van der Waals surface area contributed by atoms with Gasteiger partial charge in [-0.25, -0.2) is 0 Å². The summed E-state index contributed by atoms with van der Waals surface area (Å²) in [6, 6.07) is 15.4. The average molecular weight is 314 g/mol. The Bertz CT molecular complexity index is 644. The molecule has 2 aromatic rings. The Morgan fingerprint density at radius 2 is 1.95 bits per heavy atom. The first-order valence-electron chi connectivity index (χ1n) is 7.39. The van der Waals surface area contributed by atoms with Crippen LogP contribution in [-0.2, 0) is 4.79 Å². The van der Waals surface area contributed by atoms with Crippen LogP contribution in [0.1, 0.15) is 24.4 Å². The van der Waals surface area contributed by atoms with Crippen LogP contribution in [0.2, 0.25) is 0 Å². The van der Waals surface area contributed by atoms with Crippen LogP contribution in [0.3, 0.4) is 0 Å². The molecule has 1 saturated carbocycles. The van der Waals surface area contributed by atoms with Crippen LogP contribution in [-0.4, -0.2) is 11.7 Å². The molecule has 0 spiro atoms. The summed E-state index contributed by atoms with van der Waals surface area (Å²) in [6.07, 6.45) is 3.76. The van der Waals surface area contributed by atoms with Crippen LogP contribution in [0.4, 0.5) is 0 Å². The Morgan fingerprint density at radius 3 is 2.64 bits per heavy atom. The van der Waals surface area contributed by atoms with E-state index in [1.54, 1.807) is 18.2 Å². The highest BCUT2D eigenvalue weighted by atomic mass is 32.2. The third-order valence-electron chi connectivity index (χ3n) is 3.71. The molecule has 114 valence electrons. The van der Waals surface area contributed by atoms with E-state index < -0.39 is 0 Å². The fraction of sp³-hybridized carbons (Fsp3) is 0.294. The van der Waals surface area contributed by atoms with Crippen molar-refractivity contribution < 1.29 is 9.52 Å². The van der Waals surface area contributed by atoms with Gasteiger partial charge in [-0.05, 0) is 42.2 Å². The first-order chi connectivity index (χ1) is 10.7. The van der Waals surface area contributed by atoms with E-state index in [9.17, 15) is 10.0 Å². The molecule has 1 atom stereocenters. The highest BCUT2D eigenvalue weighted by Crippen LogP contribution is 2.40. The summed E-state index contributed by atoms with van der Waals surface area (Å²) in [6.45, 7) is 0. The summed E-state index contributed by atoms with van der Waals surface area (Å²) < 4.78 is 0.785. The molecule has 0 bridgehead atoms. The Balaban J connectivity index is 1.59. The summed E-state index contributed by atoms with van der Waals surface area (Å²) in [7, 11) is 0.